The lowest BCUT2D eigenvalue weighted by molar-refractivity contribution is -0.0734. The minimum absolute atomic E-state index is 0.192. The van der Waals surface area contributed by atoms with E-state index in [2.05, 4.69) is 34.8 Å². The zero-order chi connectivity index (χ0) is 23.1. The quantitative estimate of drug-likeness (QED) is 0.427. The lowest BCUT2D eigenvalue weighted by atomic mass is 10.1. The standard InChI is InChI=1S/C23H22FN7O3/c1-14-18(22(29-34-14)15-2-4-16(24)5-3-15)13-33-21-9-25-19(8-26-21)23-28-27-20-10-30(6-7-31(20)23)17-11-32-12-17/h2-5,8-9,17H,6-7,10-13H2,1H3. The molecule has 0 spiro atoms. The lowest BCUT2D eigenvalue weighted by Gasteiger charge is -2.39. The molecule has 6 rings (SSSR count). The van der Waals surface area contributed by atoms with Crippen molar-refractivity contribution < 1.29 is 18.4 Å². The highest BCUT2D eigenvalue weighted by Crippen LogP contribution is 2.27. The molecule has 34 heavy (non-hydrogen) atoms. The fourth-order valence-corrected chi connectivity index (χ4v) is 4.16. The molecule has 0 atom stereocenters. The van der Waals surface area contributed by atoms with Gasteiger partial charge in [0, 0.05) is 18.7 Å². The summed E-state index contributed by atoms with van der Waals surface area (Å²) < 4.78 is 31.9. The molecule has 0 amide bonds. The van der Waals surface area contributed by atoms with Gasteiger partial charge in [-0.2, -0.15) is 0 Å². The summed E-state index contributed by atoms with van der Waals surface area (Å²) in [5, 5.41) is 12.8. The van der Waals surface area contributed by atoms with Crippen molar-refractivity contribution in [3.8, 4) is 28.7 Å². The molecular formula is C23H22FN7O3. The molecule has 0 aliphatic carbocycles. The molecule has 0 bridgehead atoms. The monoisotopic (exact) mass is 463 g/mol. The molecule has 174 valence electrons. The Morgan fingerprint density at radius 1 is 1.09 bits per heavy atom. The third-order valence-corrected chi connectivity index (χ3v) is 6.24. The Morgan fingerprint density at radius 2 is 1.94 bits per heavy atom. The highest BCUT2D eigenvalue weighted by Gasteiger charge is 2.31. The molecule has 1 fully saturated rings. The van der Waals surface area contributed by atoms with Crippen molar-refractivity contribution >= 4 is 0 Å². The van der Waals surface area contributed by atoms with Crippen molar-refractivity contribution in [1.29, 1.82) is 0 Å². The van der Waals surface area contributed by atoms with E-state index in [-0.39, 0.29) is 12.4 Å². The van der Waals surface area contributed by atoms with E-state index in [1.807, 2.05) is 0 Å². The van der Waals surface area contributed by atoms with Gasteiger partial charge in [-0.1, -0.05) is 5.16 Å². The fourth-order valence-electron chi connectivity index (χ4n) is 4.16. The summed E-state index contributed by atoms with van der Waals surface area (Å²) in [7, 11) is 0. The smallest absolute Gasteiger partial charge is 0.232 e. The zero-order valence-corrected chi connectivity index (χ0v) is 18.5. The van der Waals surface area contributed by atoms with E-state index < -0.39 is 0 Å². The van der Waals surface area contributed by atoms with Crippen molar-refractivity contribution in [3.05, 3.63) is 59.6 Å². The largest absolute Gasteiger partial charge is 0.471 e. The van der Waals surface area contributed by atoms with Gasteiger partial charge in [-0.3, -0.25) is 4.90 Å². The summed E-state index contributed by atoms with van der Waals surface area (Å²) in [5.41, 5.74) is 2.77. The van der Waals surface area contributed by atoms with Gasteiger partial charge < -0.3 is 18.6 Å². The van der Waals surface area contributed by atoms with Crippen LogP contribution in [0.2, 0.25) is 0 Å². The van der Waals surface area contributed by atoms with E-state index in [0.717, 1.165) is 49.8 Å². The average Bonchev–Trinajstić information content (AvgIpc) is 3.41. The van der Waals surface area contributed by atoms with Crippen LogP contribution in [0.25, 0.3) is 22.8 Å². The van der Waals surface area contributed by atoms with Gasteiger partial charge in [0.25, 0.3) is 0 Å². The number of ether oxygens (including phenoxy) is 2. The van der Waals surface area contributed by atoms with Crippen LogP contribution in [0.1, 0.15) is 17.1 Å². The molecule has 11 heteroatoms. The van der Waals surface area contributed by atoms with Gasteiger partial charge >= 0.3 is 0 Å². The SMILES string of the molecule is Cc1onc(-c2ccc(F)cc2)c1COc1cnc(-c2nnc3n2CCN(C2COC2)C3)cn1. The summed E-state index contributed by atoms with van der Waals surface area (Å²) >= 11 is 0. The summed E-state index contributed by atoms with van der Waals surface area (Å²) in [4.78, 5) is 11.3. The van der Waals surface area contributed by atoms with Gasteiger partial charge in [0.2, 0.25) is 5.88 Å². The Bertz CT molecular complexity index is 1300. The first-order valence-electron chi connectivity index (χ1n) is 11.1. The number of aromatic nitrogens is 6. The summed E-state index contributed by atoms with van der Waals surface area (Å²) in [5.74, 6) is 2.31. The minimum Gasteiger partial charge on any atom is -0.471 e. The molecule has 3 aromatic heterocycles. The fraction of sp³-hybridized carbons (Fsp3) is 0.348. The van der Waals surface area contributed by atoms with Crippen LogP contribution in [-0.2, 0) is 24.4 Å². The Balaban J connectivity index is 1.15. The third kappa shape index (κ3) is 3.82. The number of aryl methyl sites for hydroxylation is 1. The number of rotatable bonds is 6. The van der Waals surface area contributed by atoms with Crippen LogP contribution >= 0.6 is 0 Å². The van der Waals surface area contributed by atoms with Crippen molar-refractivity contribution in [1.82, 2.24) is 34.8 Å². The van der Waals surface area contributed by atoms with Gasteiger partial charge in [0.05, 0.1) is 43.8 Å². The van der Waals surface area contributed by atoms with Crippen LogP contribution in [-0.4, -0.2) is 60.6 Å². The number of halogens is 1. The highest BCUT2D eigenvalue weighted by molar-refractivity contribution is 5.63. The number of hydrogen-bond acceptors (Lipinski definition) is 9. The maximum Gasteiger partial charge on any atom is 0.232 e. The first kappa shape index (κ1) is 20.9. The Kier molecular flexibility index (Phi) is 5.27. The predicted octanol–water partition coefficient (Wildman–Crippen LogP) is 2.63. The van der Waals surface area contributed by atoms with E-state index in [4.69, 9.17) is 14.0 Å². The second-order valence-electron chi connectivity index (χ2n) is 8.35. The predicted molar refractivity (Wildman–Crippen MR) is 117 cm³/mol. The normalized spacial score (nSPS) is 16.3. The summed E-state index contributed by atoms with van der Waals surface area (Å²) in [6.07, 6.45) is 3.21. The molecule has 4 aromatic rings. The minimum atomic E-state index is -0.309. The Hall–Kier alpha value is -3.70. The first-order chi connectivity index (χ1) is 16.7. The van der Waals surface area contributed by atoms with E-state index in [0.29, 0.717) is 34.9 Å². The third-order valence-electron chi connectivity index (χ3n) is 6.24. The summed E-state index contributed by atoms with van der Waals surface area (Å²) in [6.45, 7) is 6.05. The van der Waals surface area contributed by atoms with E-state index in [9.17, 15) is 4.39 Å². The average molecular weight is 463 g/mol. The van der Waals surface area contributed by atoms with E-state index in [1.54, 1.807) is 31.5 Å². The lowest BCUT2D eigenvalue weighted by Crippen LogP contribution is -2.51. The van der Waals surface area contributed by atoms with E-state index >= 15 is 0 Å². The number of fused-ring (bicyclic) bond motifs is 1. The van der Waals surface area contributed by atoms with Gasteiger partial charge in [-0.05, 0) is 31.2 Å². The van der Waals surface area contributed by atoms with Crippen molar-refractivity contribution in [3.63, 3.8) is 0 Å². The van der Waals surface area contributed by atoms with Gasteiger partial charge in [-0.15, -0.1) is 10.2 Å². The maximum atomic E-state index is 13.3. The van der Waals surface area contributed by atoms with Crippen LogP contribution in [0, 0.1) is 12.7 Å². The molecular weight excluding hydrogens is 441 g/mol. The van der Waals surface area contributed by atoms with Crippen LogP contribution in [0.15, 0.2) is 41.2 Å². The van der Waals surface area contributed by atoms with Crippen molar-refractivity contribution in [2.24, 2.45) is 0 Å². The molecule has 2 aliphatic heterocycles. The second-order valence-corrected chi connectivity index (χ2v) is 8.35. The molecule has 0 N–H and O–H groups in total. The highest BCUT2D eigenvalue weighted by atomic mass is 19.1. The molecule has 1 saturated heterocycles. The van der Waals surface area contributed by atoms with E-state index in [1.165, 1.54) is 12.1 Å². The molecule has 0 saturated carbocycles. The first-order valence-corrected chi connectivity index (χ1v) is 11.1. The molecule has 10 nitrogen and oxygen atoms in total. The van der Waals surface area contributed by atoms with Crippen LogP contribution in [0.3, 0.4) is 0 Å². The van der Waals surface area contributed by atoms with Gasteiger partial charge in [0.15, 0.2) is 5.82 Å². The molecule has 0 radical (unpaired) electrons. The van der Waals surface area contributed by atoms with Crippen molar-refractivity contribution in [2.45, 2.75) is 32.7 Å². The van der Waals surface area contributed by atoms with Gasteiger partial charge in [-0.25, -0.2) is 14.4 Å². The number of hydrogen-bond donors (Lipinski definition) is 0. The molecule has 1 aromatic carbocycles. The number of nitrogens with zero attached hydrogens (tertiary/aromatic N) is 7. The number of benzene rings is 1. The van der Waals surface area contributed by atoms with Gasteiger partial charge in [0.1, 0.15) is 35.4 Å². The Morgan fingerprint density at radius 3 is 2.68 bits per heavy atom. The van der Waals surface area contributed by atoms with Crippen LogP contribution in [0.5, 0.6) is 5.88 Å². The topological polar surface area (TPSA) is 104 Å². The molecule has 5 heterocycles. The van der Waals surface area contributed by atoms with Crippen molar-refractivity contribution in [2.75, 3.05) is 19.8 Å². The summed E-state index contributed by atoms with van der Waals surface area (Å²) in [6, 6.07) is 6.56. The maximum absolute atomic E-state index is 13.3. The molecule has 0 unspecified atom stereocenters. The molecule has 2 aliphatic rings. The zero-order valence-electron chi connectivity index (χ0n) is 18.5. The van der Waals surface area contributed by atoms with Crippen LogP contribution < -0.4 is 4.74 Å². The second kappa shape index (κ2) is 8.58. The van der Waals surface area contributed by atoms with Crippen LogP contribution in [0.4, 0.5) is 4.39 Å². The Labute approximate surface area is 194 Å².